The first kappa shape index (κ1) is 20.6. The van der Waals surface area contributed by atoms with Crippen molar-refractivity contribution in [2.45, 2.75) is 20.3 Å². The first-order valence-electron chi connectivity index (χ1n) is 9.44. The maximum absolute atomic E-state index is 13.0. The summed E-state index contributed by atoms with van der Waals surface area (Å²) < 4.78 is 7.57. The van der Waals surface area contributed by atoms with Crippen LogP contribution in [0.2, 0.25) is 0 Å². The standard InChI is InChI=1S/C20H25N5OS.ClH/c1-14(2)12-15-13-17(23(3)21-15)20(26)25-10-8-24(9-11-25)19-16-6-4-5-7-18(16)27-22-19;/h4-7,13-14H,8-12H2,1-3H3;1H. The zero-order valence-corrected chi connectivity index (χ0v) is 18.1. The number of amides is 1. The van der Waals surface area contributed by atoms with E-state index in [2.05, 4.69) is 46.4 Å². The number of carbonyl (C=O) groups excluding carboxylic acids is 1. The number of hydrogen-bond donors (Lipinski definition) is 0. The molecule has 0 saturated carbocycles. The van der Waals surface area contributed by atoms with E-state index in [4.69, 9.17) is 0 Å². The van der Waals surface area contributed by atoms with E-state index in [1.54, 1.807) is 4.68 Å². The molecule has 1 aliphatic heterocycles. The van der Waals surface area contributed by atoms with Crippen molar-refractivity contribution in [1.82, 2.24) is 19.1 Å². The van der Waals surface area contributed by atoms with Crippen LogP contribution in [0.15, 0.2) is 30.3 Å². The Morgan fingerprint density at radius 1 is 1.18 bits per heavy atom. The minimum Gasteiger partial charge on any atom is -0.352 e. The predicted octanol–water partition coefficient (Wildman–Crippen LogP) is 3.61. The van der Waals surface area contributed by atoms with Crippen LogP contribution in [0.5, 0.6) is 0 Å². The molecule has 1 amide bonds. The number of halogens is 1. The van der Waals surface area contributed by atoms with Gasteiger partial charge in [0.1, 0.15) is 11.5 Å². The maximum atomic E-state index is 13.0. The smallest absolute Gasteiger partial charge is 0.272 e. The van der Waals surface area contributed by atoms with Crippen molar-refractivity contribution < 1.29 is 4.79 Å². The molecule has 0 unspecified atom stereocenters. The number of nitrogens with zero attached hydrogens (tertiary/aromatic N) is 5. The highest BCUT2D eigenvalue weighted by Gasteiger charge is 2.26. The van der Waals surface area contributed by atoms with E-state index < -0.39 is 0 Å². The molecule has 1 saturated heterocycles. The van der Waals surface area contributed by atoms with Gasteiger partial charge in [-0.3, -0.25) is 9.48 Å². The van der Waals surface area contributed by atoms with Gasteiger partial charge in [-0.25, -0.2) is 0 Å². The van der Waals surface area contributed by atoms with Crippen LogP contribution in [-0.4, -0.2) is 51.1 Å². The third-order valence-corrected chi connectivity index (χ3v) is 5.81. The molecular weight excluding hydrogens is 394 g/mol. The van der Waals surface area contributed by atoms with Crippen molar-refractivity contribution in [1.29, 1.82) is 0 Å². The van der Waals surface area contributed by atoms with Crippen molar-refractivity contribution in [3.8, 4) is 0 Å². The van der Waals surface area contributed by atoms with Gasteiger partial charge in [0.05, 0.1) is 10.4 Å². The topological polar surface area (TPSA) is 54.3 Å². The Kier molecular flexibility index (Phi) is 6.25. The highest BCUT2D eigenvalue weighted by atomic mass is 35.5. The van der Waals surface area contributed by atoms with E-state index in [1.807, 2.05) is 24.1 Å². The molecular formula is C20H26ClN5OS. The van der Waals surface area contributed by atoms with Crippen molar-refractivity contribution in [3.63, 3.8) is 0 Å². The first-order chi connectivity index (χ1) is 13.0. The largest absolute Gasteiger partial charge is 0.352 e. The van der Waals surface area contributed by atoms with E-state index in [0.29, 0.717) is 24.7 Å². The third kappa shape index (κ3) is 4.00. The van der Waals surface area contributed by atoms with Crippen LogP contribution in [0.1, 0.15) is 30.0 Å². The minimum absolute atomic E-state index is 0. The van der Waals surface area contributed by atoms with Crippen LogP contribution in [0, 0.1) is 5.92 Å². The molecule has 0 spiro atoms. The summed E-state index contributed by atoms with van der Waals surface area (Å²) in [5, 5.41) is 5.71. The van der Waals surface area contributed by atoms with Crippen LogP contribution >= 0.6 is 23.9 Å². The second-order valence-electron chi connectivity index (χ2n) is 7.52. The van der Waals surface area contributed by atoms with Gasteiger partial charge in [0.25, 0.3) is 5.91 Å². The maximum Gasteiger partial charge on any atom is 0.272 e. The molecule has 0 atom stereocenters. The number of aromatic nitrogens is 3. The summed E-state index contributed by atoms with van der Waals surface area (Å²) in [6.45, 7) is 7.34. The average molecular weight is 420 g/mol. The quantitative estimate of drug-likeness (QED) is 0.648. The van der Waals surface area contributed by atoms with Gasteiger partial charge >= 0.3 is 0 Å². The van der Waals surface area contributed by atoms with Crippen LogP contribution < -0.4 is 4.90 Å². The molecule has 3 heterocycles. The molecule has 8 heteroatoms. The summed E-state index contributed by atoms with van der Waals surface area (Å²) in [6.07, 6.45) is 0.895. The molecule has 0 radical (unpaired) electrons. The fourth-order valence-electron chi connectivity index (χ4n) is 3.63. The van der Waals surface area contributed by atoms with Crippen molar-refractivity contribution >= 4 is 45.8 Å². The summed E-state index contributed by atoms with van der Waals surface area (Å²) in [5.41, 5.74) is 1.67. The van der Waals surface area contributed by atoms with E-state index in [9.17, 15) is 4.79 Å². The summed E-state index contributed by atoms with van der Waals surface area (Å²) in [5.74, 6) is 1.64. The summed E-state index contributed by atoms with van der Waals surface area (Å²) in [6, 6.07) is 10.3. The Balaban J connectivity index is 0.00000225. The van der Waals surface area contributed by atoms with E-state index in [1.165, 1.54) is 21.6 Å². The molecule has 150 valence electrons. The van der Waals surface area contributed by atoms with E-state index in [-0.39, 0.29) is 18.3 Å². The number of hydrogen-bond acceptors (Lipinski definition) is 5. The van der Waals surface area contributed by atoms with Gasteiger partial charge < -0.3 is 9.80 Å². The van der Waals surface area contributed by atoms with Crippen molar-refractivity contribution in [3.05, 3.63) is 41.7 Å². The molecule has 6 nitrogen and oxygen atoms in total. The van der Waals surface area contributed by atoms with E-state index in [0.717, 1.165) is 31.0 Å². The zero-order chi connectivity index (χ0) is 19.0. The Morgan fingerprint density at radius 3 is 2.61 bits per heavy atom. The molecule has 1 aromatic carbocycles. The summed E-state index contributed by atoms with van der Waals surface area (Å²) in [7, 11) is 1.86. The van der Waals surface area contributed by atoms with E-state index >= 15 is 0 Å². The Bertz CT molecular complexity index is 959. The van der Waals surface area contributed by atoms with Crippen LogP contribution in [0.4, 0.5) is 5.82 Å². The van der Waals surface area contributed by atoms with Gasteiger partial charge in [-0.2, -0.15) is 9.47 Å². The summed E-state index contributed by atoms with van der Waals surface area (Å²) >= 11 is 1.54. The predicted molar refractivity (Wildman–Crippen MR) is 117 cm³/mol. The fourth-order valence-corrected chi connectivity index (χ4v) is 4.42. The van der Waals surface area contributed by atoms with Gasteiger partial charge in [-0.15, -0.1) is 12.4 Å². The van der Waals surface area contributed by atoms with Gasteiger partial charge in [-0.1, -0.05) is 26.0 Å². The van der Waals surface area contributed by atoms with Gasteiger partial charge in [0.2, 0.25) is 0 Å². The molecule has 2 aromatic heterocycles. The molecule has 1 fully saturated rings. The molecule has 28 heavy (non-hydrogen) atoms. The number of rotatable bonds is 4. The van der Waals surface area contributed by atoms with Gasteiger partial charge in [-0.05, 0) is 42.1 Å². The molecule has 3 aromatic rings. The Hall–Kier alpha value is -2.12. The number of piperazine rings is 1. The van der Waals surface area contributed by atoms with Crippen molar-refractivity contribution in [2.75, 3.05) is 31.1 Å². The lowest BCUT2D eigenvalue weighted by Crippen LogP contribution is -2.49. The van der Waals surface area contributed by atoms with Crippen LogP contribution in [0.25, 0.3) is 10.1 Å². The third-order valence-electron chi connectivity index (χ3n) is 4.99. The lowest BCUT2D eigenvalue weighted by Gasteiger charge is -2.35. The number of fused-ring (bicyclic) bond motifs is 1. The fraction of sp³-hybridized carbons (Fsp3) is 0.450. The molecule has 0 bridgehead atoms. The van der Waals surface area contributed by atoms with Crippen LogP contribution in [-0.2, 0) is 13.5 Å². The second-order valence-corrected chi connectivity index (χ2v) is 8.33. The number of aryl methyl sites for hydroxylation is 1. The summed E-state index contributed by atoms with van der Waals surface area (Å²) in [4.78, 5) is 17.2. The molecule has 0 aliphatic carbocycles. The van der Waals surface area contributed by atoms with Crippen LogP contribution in [0.3, 0.4) is 0 Å². The first-order valence-corrected chi connectivity index (χ1v) is 10.2. The minimum atomic E-state index is 0. The number of carbonyl (C=O) groups is 1. The van der Waals surface area contributed by atoms with Crippen molar-refractivity contribution in [2.24, 2.45) is 13.0 Å². The second kappa shape index (κ2) is 8.49. The lowest BCUT2D eigenvalue weighted by atomic mass is 10.1. The highest BCUT2D eigenvalue weighted by molar-refractivity contribution is 7.13. The molecule has 0 N–H and O–H groups in total. The zero-order valence-electron chi connectivity index (χ0n) is 16.5. The monoisotopic (exact) mass is 419 g/mol. The number of benzene rings is 1. The molecule has 4 rings (SSSR count). The molecule has 1 aliphatic rings. The van der Waals surface area contributed by atoms with Gasteiger partial charge in [0.15, 0.2) is 0 Å². The Labute approximate surface area is 175 Å². The highest BCUT2D eigenvalue weighted by Crippen LogP contribution is 2.30. The number of anilines is 1. The lowest BCUT2D eigenvalue weighted by molar-refractivity contribution is 0.0735. The SMILES string of the molecule is CC(C)Cc1cc(C(=O)N2CCN(c3nsc4ccccc34)CC2)n(C)n1.Cl. The average Bonchev–Trinajstić information content (AvgIpc) is 3.24. The Morgan fingerprint density at radius 2 is 1.89 bits per heavy atom. The normalized spacial score (nSPS) is 14.6. The van der Waals surface area contributed by atoms with Gasteiger partial charge in [0, 0.05) is 38.6 Å².